The van der Waals surface area contributed by atoms with Crippen LogP contribution in [0, 0.1) is 0 Å². The summed E-state index contributed by atoms with van der Waals surface area (Å²) >= 11 is 0. The molecule has 4 amide bonds. The van der Waals surface area contributed by atoms with Crippen LogP contribution in [-0.2, 0) is 14.4 Å². The molecule has 0 spiro atoms. The predicted molar refractivity (Wildman–Crippen MR) is 64.2 cm³/mol. The maximum Gasteiger partial charge on any atom is 0.329 e. The molecule has 106 valence electrons. The number of urea groups is 1. The molecular weight excluding hydrogens is 254 g/mol. The molecule has 1 rings (SSSR count). The summed E-state index contributed by atoms with van der Waals surface area (Å²) < 4.78 is 0. The van der Waals surface area contributed by atoms with E-state index in [2.05, 4.69) is 5.32 Å². The molecule has 0 bridgehead atoms. The lowest BCUT2D eigenvalue weighted by atomic mass is 10.0. The zero-order chi connectivity index (χ0) is 15.0. The zero-order valence-electron chi connectivity index (χ0n) is 11.3. The highest BCUT2D eigenvalue weighted by Gasteiger charge is 2.41. The van der Waals surface area contributed by atoms with Crippen LogP contribution in [0.5, 0.6) is 0 Å². The number of nitrogens with one attached hydrogen (secondary N) is 1. The lowest BCUT2D eigenvalue weighted by molar-refractivity contribution is -0.147. The summed E-state index contributed by atoms with van der Waals surface area (Å²) in [5, 5.41) is 11.2. The number of hydrogen-bond donors (Lipinski definition) is 2. The molecule has 1 heterocycles. The average Bonchev–Trinajstić information content (AvgIpc) is 2.31. The summed E-state index contributed by atoms with van der Waals surface area (Å²) in [6, 6.07) is -1.50. The lowest BCUT2D eigenvalue weighted by Gasteiger charge is -2.39. The fraction of sp³-hybridized carbons (Fsp3) is 0.636. The Morgan fingerprint density at radius 1 is 1.42 bits per heavy atom. The van der Waals surface area contributed by atoms with Crippen LogP contribution in [-0.4, -0.2) is 63.9 Å². The third-order valence-electron chi connectivity index (χ3n) is 3.32. The van der Waals surface area contributed by atoms with Gasteiger partial charge in [-0.1, -0.05) is 0 Å². The van der Waals surface area contributed by atoms with Gasteiger partial charge in [-0.15, -0.1) is 0 Å². The molecule has 2 N–H and O–H groups in total. The van der Waals surface area contributed by atoms with Crippen molar-refractivity contribution in [1.82, 2.24) is 15.1 Å². The van der Waals surface area contributed by atoms with E-state index in [0.717, 1.165) is 9.80 Å². The van der Waals surface area contributed by atoms with E-state index in [1.807, 2.05) is 0 Å². The number of carboxylic acids is 1. The number of hydrogen-bond acceptors (Lipinski definition) is 4. The molecule has 8 nitrogen and oxygen atoms in total. The highest BCUT2D eigenvalue weighted by molar-refractivity contribution is 6.04. The maximum atomic E-state index is 12.2. The fourth-order valence-electron chi connectivity index (χ4n) is 1.52. The molecule has 8 heteroatoms. The van der Waals surface area contributed by atoms with E-state index in [1.54, 1.807) is 0 Å². The minimum Gasteiger partial charge on any atom is -0.480 e. The molecule has 1 fully saturated rings. The Morgan fingerprint density at radius 3 is 2.42 bits per heavy atom. The van der Waals surface area contributed by atoms with Crippen molar-refractivity contribution in [2.45, 2.75) is 32.4 Å². The standard InChI is InChI=1S/C11H17N3O5/c1-6-8(16)12-7(15)5-14(6)10(19)13(4)11(2,3)9(17)18/h6H,5H2,1-4H3,(H,17,18)(H,12,15,16). The van der Waals surface area contributed by atoms with Gasteiger partial charge in [-0.05, 0) is 20.8 Å². The Labute approximate surface area is 110 Å². The van der Waals surface area contributed by atoms with Gasteiger partial charge in [0.25, 0.3) is 0 Å². The minimum absolute atomic E-state index is 0.272. The number of carboxylic acid groups (broad SMARTS) is 1. The quantitative estimate of drug-likeness (QED) is 0.642. The monoisotopic (exact) mass is 271 g/mol. The van der Waals surface area contributed by atoms with Gasteiger partial charge in [0.2, 0.25) is 11.8 Å². The van der Waals surface area contributed by atoms with Gasteiger partial charge < -0.3 is 14.9 Å². The van der Waals surface area contributed by atoms with Crippen molar-refractivity contribution >= 4 is 23.8 Å². The Hall–Kier alpha value is -2.12. The minimum atomic E-state index is -1.44. The van der Waals surface area contributed by atoms with Crippen LogP contribution < -0.4 is 5.32 Å². The smallest absolute Gasteiger partial charge is 0.329 e. The summed E-state index contributed by atoms with van der Waals surface area (Å²) in [4.78, 5) is 48.1. The summed E-state index contributed by atoms with van der Waals surface area (Å²) in [5.74, 6) is -2.34. The van der Waals surface area contributed by atoms with Crippen LogP contribution in [0.1, 0.15) is 20.8 Å². The number of amides is 4. The molecule has 0 radical (unpaired) electrons. The van der Waals surface area contributed by atoms with Crippen molar-refractivity contribution in [3.8, 4) is 0 Å². The predicted octanol–water partition coefficient (Wildman–Crippen LogP) is -0.752. The first-order valence-electron chi connectivity index (χ1n) is 5.70. The van der Waals surface area contributed by atoms with Crippen molar-refractivity contribution in [3.05, 3.63) is 0 Å². The number of carbonyl (C=O) groups excluding carboxylic acids is 3. The second-order valence-corrected chi connectivity index (χ2v) is 4.92. The number of nitrogens with zero attached hydrogens (tertiary/aromatic N) is 2. The summed E-state index contributed by atoms with van der Waals surface area (Å²) in [5.41, 5.74) is -1.44. The second kappa shape index (κ2) is 4.87. The van der Waals surface area contributed by atoms with E-state index in [4.69, 9.17) is 5.11 Å². The van der Waals surface area contributed by atoms with Gasteiger partial charge in [-0.25, -0.2) is 9.59 Å². The first kappa shape index (κ1) is 14.9. The summed E-state index contributed by atoms with van der Waals surface area (Å²) in [7, 11) is 1.32. The Balaban J connectivity index is 2.96. The molecule has 19 heavy (non-hydrogen) atoms. The Bertz CT molecular complexity index is 446. The number of rotatable bonds is 2. The van der Waals surface area contributed by atoms with Gasteiger partial charge in [-0.2, -0.15) is 0 Å². The lowest BCUT2D eigenvalue weighted by Crippen LogP contribution is -2.63. The molecule has 1 aliphatic heterocycles. The Kier molecular flexibility index (Phi) is 3.83. The molecule has 0 aromatic heterocycles. The third-order valence-corrected chi connectivity index (χ3v) is 3.32. The van der Waals surface area contributed by atoms with Crippen LogP contribution >= 0.6 is 0 Å². The fourth-order valence-corrected chi connectivity index (χ4v) is 1.52. The molecule has 1 unspecified atom stereocenters. The van der Waals surface area contributed by atoms with Crippen LogP contribution in [0.3, 0.4) is 0 Å². The van der Waals surface area contributed by atoms with Crippen LogP contribution in [0.25, 0.3) is 0 Å². The number of piperazine rings is 1. The average molecular weight is 271 g/mol. The van der Waals surface area contributed by atoms with Gasteiger partial charge in [0.1, 0.15) is 18.1 Å². The van der Waals surface area contributed by atoms with Gasteiger partial charge >= 0.3 is 12.0 Å². The topological polar surface area (TPSA) is 107 Å². The Morgan fingerprint density at radius 2 is 1.95 bits per heavy atom. The second-order valence-electron chi connectivity index (χ2n) is 4.92. The SMILES string of the molecule is CC1C(=O)NC(=O)CN1C(=O)N(C)C(C)(C)C(=O)O. The third kappa shape index (κ3) is 2.67. The number of likely N-dealkylation sites (N-methyl/N-ethyl adjacent to an activating group) is 1. The molecule has 0 aromatic carbocycles. The van der Waals surface area contributed by atoms with Gasteiger partial charge in [-0.3, -0.25) is 14.9 Å². The van der Waals surface area contributed by atoms with E-state index in [0.29, 0.717) is 0 Å². The molecule has 0 aromatic rings. The van der Waals surface area contributed by atoms with Crippen molar-refractivity contribution in [2.24, 2.45) is 0 Å². The molecule has 0 aliphatic carbocycles. The highest BCUT2D eigenvalue weighted by Crippen LogP contribution is 2.17. The summed E-state index contributed by atoms with van der Waals surface area (Å²) in [6.45, 7) is 3.93. The van der Waals surface area contributed by atoms with Crippen molar-refractivity contribution in [2.75, 3.05) is 13.6 Å². The van der Waals surface area contributed by atoms with E-state index >= 15 is 0 Å². The van der Waals surface area contributed by atoms with Crippen LogP contribution in [0.15, 0.2) is 0 Å². The summed E-state index contributed by atoms with van der Waals surface area (Å²) in [6.07, 6.45) is 0. The van der Waals surface area contributed by atoms with Gasteiger partial charge in [0, 0.05) is 7.05 Å². The van der Waals surface area contributed by atoms with E-state index in [-0.39, 0.29) is 6.54 Å². The van der Waals surface area contributed by atoms with E-state index < -0.39 is 35.4 Å². The number of carbonyl (C=O) groups is 4. The van der Waals surface area contributed by atoms with Gasteiger partial charge in [0.05, 0.1) is 0 Å². The highest BCUT2D eigenvalue weighted by atomic mass is 16.4. The first-order chi connectivity index (χ1) is 8.59. The molecular formula is C11H17N3O5. The first-order valence-corrected chi connectivity index (χ1v) is 5.70. The van der Waals surface area contributed by atoms with Crippen LogP contribution in [0.4, 0.5) is 4.79 Å². The molecule has 1 aliphatic rings. The normalized spacial score (nSPS) is 20.0. The van der Waals surface area contributed by atoms with Crippen molar-refractivity contribution < 1.29 is 24.3 Å². The van der Waals surface area contributed by atoms with Crippen molar-refractivity contribution in [1.29, 1.82) is 0 Å². The van der Waals surface area contributed by atoms with E-state index in [9.17, 15) is 19.2 Å². The molecule has 1 atom stereocenters. The van der Waals surface area contributed by atoms with Crippen LogP contribution in [0.2, 0.25) is 0 Å². The van der Waals surface area contributed by atoms with Gasteiger partial charge in [0.15, 0.2) is 0 Å². The molecule has 1 saturated heterocycles. The maximum absolute atomic E-state index is 12.2. The van der Waals surface area contributed by atoms with Crippen molar-refractivity contribution in [3.63, 3.8) is 0 Å². The van der Waals surface area contributed by atoms with E-state index in [1.165, 1.54) is 27.8 Å². The number of imide groups is 1. The molecule has 0 saturated carbocycles. The zero-order valence-corrected chi connectivity index (χ0v) is 11.3. The number of aliphatic carboxylic acids is 1. The largest absolute Gasteiger partial charge is 0.480 e.